The molecule has 1 heterocycles. The van der Waals surface area contributed by atoms with Crippen LogP contribution in [0.1, 0.15) is 19.4 Å². The molecule has 0 spiro atoms. The Morgan fingerprint density at radius 2 is 1.74 bits per heavy atom. The third-order valence-corrected chi connectivity index (χ3v) is 4.99. The molecule has 0 unspecified atom stereocenters. The first-order chi connectivity index (χ1) is 12.9. The monoisotopic (exact) mass is 394 g/mol. The summed E-state index contributed by atoms with van der Waals surface area (Å²) in [6, 6.07) is 3.04. The largest absolute Gasteiger partial charge is 0.502 e. The molecule has 0 radical (unpaired) electrons. The SMILES string of the molecule is CCN(CC)C(=O)CN1C(=O)S/C(=C\c2cc(OC)c(O)c(OC)c2)C1=O. The molecule has 0 aliphatic carbocycles. The van der Waals surface area contributed by atoms with Gasteiger partial charge in [-0.15, -0.1) is 0 Å². The number of phenolic OH excluding ortho intramolecular Hbond substituents is 1. The van der Waals surface area contributed by atoms with E-state index in [0.29, 0.717) is 18.7 Å². The van der Waals surface area contributed by atoms with E-state index in [1.807, 2.05) is 13.8 Å². The molecule has 27 heavy (non-hydrogen) atoms. The minimum atomic E-state index is -0.531. The fraction of sp³-hybridized carbons (Fsp3) is 0.389. The molecule has 9 heteroatoms. The second-order valence-corrected chi connectivity index (χ2v) is 6.60. The highest BCUT2D eigenvalue weighted by Gasteiger charge is 2.37. The second kappa shape index (κ2) is 8.81. The summed E-state index contributed by atoms with van der Waals surface area (Å²) in [6.07, 6.45) is 1.50. The Hall–Kier alpha value is -2.68. The van der Waals surface area contributed by atoms with Gasteiger partial charge in [0, 0.05) is 13.1 Å². The standard InChI is InChI=1S/C18H22N2O6S/c1-5-19(6-2)15(21)10-20-17(23)14(27-18(20)24)9-11-7-12(25-3)16(22)13(8-11)26-4/h7-9,22H,5-6,10H2,1-4H3/b14-9-. The molecule has 0 saturated carbocycles. The van der Waals surface area contributed by atoms with Gasteiger partial charge in [0.15, 0.2) is 11.5 Å². The quantitative estimate of drug-likeness (QED) is 0.709. The van der Waals surface area contributed by atoms with Crippen molar-refractivity contribution in [2.75, 3.05) is 33.9 Å². The number of ether oxygens (including phenoxy) is 2. The molecule has 1 fully saturated rings. The molecular formula is C18H22N2O6S. The number of benzene rings is 1. The van der Waals surface area contributed by atoms with E-state index >= 15 is 0 Å². The molecule has 1 saturated heterocycles. The van der Waals surface area contributed by atoms with Crippen molar-refractivity contribution in [1.29, 1.82) is 0 Å². The molecule has 1 aliphatic rings. The zero-order chi connectivity index (χ0) is 20.1. The number of methoxy groups -OCH3 is 2. The van der Waals surface area contributed by atoms with E-state index < -0.39 is 11.1 Å². The first-order valence-electron chi connectivity index (χ1n) is 8.34. The second-order valence-electron chi connectivity index (χ2n) is 5.61. The Bertz CT molecular complexity index is 763. The van der Waals surface area contributed by atoms with Crippen LogP contribution in [0.5, 0.6) is 17.2 Å². The topological polar surface area (TPSA) is 96.4 Å². The Labute approximate surface area is 161 Å². The summed E-state index contributed by atoms with van der Waals surface area (Å²) in [6.45, 7) is 4.40. The Morgan fingerprint density at radius 1 is 1.19 bits per heavy atom. The number of nitrogens with zero attached hydrogens (tertiary/aromatic N) is 2. The fourth-order valence-electron chi connectivity index (χ4n) is 2.60. The Balaban J connectivity index is 2.27. The average molecular weight is 394 g/mol. The van der Waals surface area contributed by atoms with E-state index in [0.717, 1.165) is 16.7 Å². The number of hydrogen-bond acceptors (Lipinski definition) is 7. The van der Waals surface area contributed by atoms with E-state index in [4.69, 9.17) is 9.47 Å². The van der Waals surface area contributed by atoms with Gasteiger partial charge in [-0.3, -0.25) is 19.3 Å². The molecule has 0 atom stereocenters. The van der Waals surface area contributed by atoms with Gasteiger partial charge in [0.25, 0.3) is 11.1 Å². The first kappa shape index (κ1) is 20.6. The highest BCUT2D eigenvalue weighted by molar-refractivity contribution is 8.18. The van der Waals surface area contributed by atoms with Crippen LogP contribution in [0.2, 0.25) is 0 Å². The lowest BCUT2D eigenvalue weighted by atomic mass is 10.1. The lowest BCUT2D eigenvalue weighted by Gasteiger charge is -2.21. The van der Waals surface area contributed by atoms with E-state index in [2.05, 4.69) is 0 Å². The van der Waals surface area contributed by atoms with Gasteiger partial charge in [0.05, 0.1) is 19.1 Å². The average Bonchev–Trinajstić information content (AvgIpc) is 2.91. The van der Waals surface area contributed by atoms with Crippen LogP contribution in [0, 0.1) is 0 Å². The lowest BCUT2D eigenvalue weighted by molar-refractivity contribution is -0.135. The normalized spacial score (nSPS) is 15.4. The van der Waals surface area contributed by atoms with Gasteiger partial charge < -0.3 is 19.5 Å². The summed E-state index contributed by atoms with van der Waals surface area (Å²) in [7, 11) is 2.79. The molecule has 0 bridgehead atoms. The van der Waals surface area contributed by atoms with E-state index in [1.54, 1.807) is 4.90 Å². The zero-order valence-electron chi connectivity index (χ0n) is 15.6. The molecule has 146 valence electrons. The highest BCUT2D eigenvalue weighted by atomic mass is 32.2. The maximum Gasteiger partial charge on any atom is 0.294 e. The van der Waals surface area contributed by atoms with Crippen LogP contribution in [0.15, 0.2) is 17.0 Å². The van der Waals surface area contributed by atoms with Gasteiger partial charge >= 0.3 is 0 Å². The number of imide groups is 1. The molecule has 1 aliphatic heterocycles. The fourth-order valence-corrected chi connectivity index (χ4v) is 3.43. The zero-order valence-corrected chi connectivity index (χ0v) is 16.5. The van der Waals surface area contributed by atoms with Crippen LogP contribution in [-0.4, -0.2) is 65.8 Å². The van der Waals surface area contributed by atoms with Crippen LogP contribution in [-0.2, 0) is 9.59 Å². The molecule has 8 nitrogen and oxygen atoms in total. The van der Waals surface area contributed by atoms with Crippen molar-refractivity contribution >= 4 is 34.9 Å². The third-order valence-electron chi connectivity index (χ3n) is 4.08. The van der Waals surface area contributed by atoms with Gasteiger partial charge in [0.1, 0.15) is 6.54 Å². The van der Waals surface area contributed by atoms with Crippen molar-refractivity contribution in [1.82, 2.24) is 9.80 Å². The maximum absolute atomic E-state index is 12.6. The van der Waals surface area contributed by atoms with Gasteiger partial charge in [-0.1, -0.05) is 0 Å². The number of carbonyl (C=O) groups is 3. The Kier molecular flexibility index (Phi) is 6.73. The number of hydrogen-bond donors (Lipinski definition) is 1. The number of thioether (sulfide) groups is 1. The van der Waals surface area contributed by atoms with E-state index in [9.17, 15) is 19.5 Å². The maximum atomic E-state index is 12.6. The van der Waals surface area contributed by atoms with Gasteiger partial charge in [0.2, 0.25) is 11.7 Å². The van der Waals surface area contributed by atoms with Crippen LogP contribution in [0.3, 0.4) is 0 Å². The number of likely N-dealkylation sites (N-methyl/N-ethyl adjacent to an activating group) is 1. The van der Waals surface area contributed by atoms with Crippen molar-refractivity contribution in [3.63, 3.8) is 0 Å². The predicted molar refractivity (Wildman–Crippen MR) is 102 cm³/mol. The molecule has 0 aromatic heterocycles. The molecule has 2 rings (SSSR count). The number of rotatable bonds is 7. The third kappa shape index (κ3) is 4.36. The van der Waals surface area contributed by atoms with E-state index in [1.165, 1.54) is 32.4 Å². The summed E-state index contributed by atoms with van der Waals surface area (Å²) in [5.74, 6) is -0.615. The smallest absolute Gasteiger partial charge is 0.294 e. The lowest BCUT2D eigenvalue weighted by Crippen LogP contribution is -2.41. The summed E-state index contributed by atoms with van der Waals surface area (Å²) in [5, 5.41) is 9.46. The van der Waals surface area contributed by atoms with Crippen molar-refractivity contribution in [2.45, 2.75) is 13.8 Å². The van der Waals surface area contributed by atoms with Gasteiger partial charge in [-0.25, -0.2) is 0 Å². The van der Waals surface area contributed by atoms with Gasteiger partial charge in [-0.05, 0) is 49.4 Å². The Morgan fingerprint density at radius 3 is 2.22 bits per heavy atom. The molecule has 1 aromatic rings. The summed E-state index contributed by atoms with van der Waals surface area (Å²) in [5.41, 5.74) is 0.516. The molecule has 1 aromatic carbocycles. The van der Waals surface area contributed by atoms with Crippen LogP contribution in [0.25, 0.3) is 6.08 Å². The van der Waals surface area contributed by atoms with Crippen LogP contribution < -0.4 is 9.47 Å². The van der Waals surface area contributed by atoms with Gasteiger partial charge in [-0.2, -0.15) is 0 Å². The highest BCUT2D eigenvalue weighted by Crippen LogP contribution is 2.39. The van der Waals surface area contributed by atoms with Crippen molar-refractivity contribution in [3.8, 4) is 17.2 Å². The summed E-state index contributed by atoms with van der Waals surface area (Å²) < 4.78 is 10.2. The van der Waals surface area contributed by atoms with Crippen molar-refractivity contribution < 1.29 is 29.0 Å². The number of phenols is 1. The summed E-state index contributed by atoms with van der Waals surface area (Å²) in [4.78, 5) is 39.6. The predicted octanol–water partition coefficient (Wildman–Crippen LogP) is 2.31. The minimum Gasteiger partial charge on any atom is -0.502 e. The molecule has 3 amide bonds. The van der Waals surface area contributed by atoms with Crippen LogP contribution >= 0.6 is 11.8 Å². The first-order valence-corrected chi connectivity index (χ1v) is 9.15. The number of carbonyl (C=O) groups excluding carboxylic acids is 3. The van der Waals surface area contributed by atoms with Crippen LogP contribution in [0.4, 0.5) is 4.79 Å². The number of aromatic hydroxyl groups is 1. The molecular weight excluding hydrogens is 372 g/mol. The number of amides is 3. The van der Waals surface area contributed by atoms with Crippen molar-refractivity contribution in [2.24, 2.45) is 0 Å². The summed E-state index contributed by atoms with van der Waals surface area (Å²) >= 11 is 0.760. The van der Waals surface area contributed by atoms with Crippen molar-refractivity contribution in [3.05, 3.63) is 22.6 Å². The molecule has 1 N–H and O–H groups in total. The van der Waals surface area contributed by atoms with E-state index in [-0.39, 0.29) is 34.6 Å². The minimum absolute atomic E-state index is 0.157.